The molecule has 2 amide bonds. The minimum Gasteiger partial charge on any atom is -0.349 e. The van der Waals surface area contributed by atoms with Gasteiger partial charge in [0, 0.05) is 22.0 Å². The minimum atomic E-state index is -0.363. The molecule has 0 aliphatic carbocycles. The number of halogens is 1. The van der Waals surface area contributed by atoms with Gasteiger partial charge in [0.2, 0.25) is 5.91 Å². The molecule has 9 heteroatoms. The Bertz CT molecular complexity index is 1510. The number of hydrazone groups is 1. The molecular weight excluding hydrogens is 512 g/mol. The number of amides is 2. The van der Waals surface area contributed by atoms with Gasteiger partial charge in [-0.15, -0.1) is 0 Å². The summed E-state index contributed by atoms with van der Waals surface area (Å²) in [5.41, 5.74) is 5.55. The number of hydrogen-bond acceptors (Lipinski definition) is 6. The molecule has 0 radical (unpaired) electrons. The Morgan fingerprint density at radius 1 is 1.03 bits per heavy atom. The van der Waals surface area contributed by atoms with E-state index in [2.05, 4.69) is 26.0 Å². The van der Waals surface area contributed by atoms with Crippen LogP contribution in [0.4, 0.5) is 11.4 Å². The lowest BCUT2D eigenvalue weighted by Gasteiger charge is -2.23. The van der Waals surface area contributed by atoms with E-state index in [1.54, 1.807) is 24.3 Å². The van der Waals surface area contributed by atoms with E-state index >= 15 is 0 Å². The normalized spacial score (nSPS) is 16.9. The number of carbonyl (C=O) groups is 2. The van der Waals surface area contributed by atoms with Gasteiger partial charge in [-0.25, -0.2) is 4.99 Å². The summed E-state index contributed by atoms with van der Waals surface area (Å²) in [6, 6.07) is 22.2. The summed E-state index contributed by atoms with van der Waals surface area (Å²) in [7, 11) is 0. The van der Waals surface area contributed by atoms with Gasteiger partial charge in [-0.1, -0.05) is 54.1 Å². The van der Waals surface area contributed by atoms with Crippen LogP contribution in [-0.2, 0) is 4.79 Å². The van der Waals surface area contributed by atoms with Gasteiger partial charge >= 0.3 is 0 Å². The lowest BCUT2D eigenvalue weighted by atomic mass is 10.00. The molecule has 0 saturated carbocycles. The van der Waals surface area contributed by atoms with Gasteiger partial charge in [0.05, 0.1) is 18.5 Å². The quantitative estimate of drug-likeness (QED) is 0.371. The zero-order valence-corrected chi connectivity index (χ0v) is 22.7. The standard InChI is InChI=1S/C30H29ClN6O2/c1-18-12-13-24(35-29(38)22-10-7-11-23(31)14-22)15-26(18)36-28-27-19(2)25(16-37(27)33-17-32-28)30(39)34-20(3)21-8-5-4-6-9-21/h4-15,17,20,25H,16H2,1-3H3,(H,34,39)(H,35,38)(H,32,33,36)/t20-,25?/m0/s1. The molecule has 39 heavy (non-hydrogen) atoms. The average molecular weight is 541 g/mol. The summed E-state index contributed by atoms with van der Waals surface area (Å²) in [6.45, 7) is 6.32. The van der Waals surface area contributed by atoms with E-state index in [9.17, 15) is 9.59 Å². The first-order valence-corrected chi connectivity index (χ1v) is 13.1. The highest BCUT2D eigenvalue weighted by atomic mass is 35.5. The fourth-order valence-corrected chi connectivity index (χ4v) is 4.89. The van der Waals surface area contributed by atoms with Crippen molar-refractivity contribution in [3.63, 3.8) is 0 Å². The number of nitrogens with zero attached hydrogens (tertiary/aromatic N) is 3. The van der Waals surface area contributed by atoms with E-state index < -0.39 is 0 Å². The van der Waals surface area contributed by atoms with Crippen molar-refractivity contribution in [1.82, 2.24) is 10.3 Å². The van der Waals surface area contributed by atoms with E-state index in [0.29, 0.717) is 28.7 Å². The third-order valence-corrected chi connectivity index (χ3v) is 7.16. The van der Waals surface area contributed by atoms with Crippen molar-refractivity contribution in [2.45, 2.75) is 26.8 Å². The first kappa shape index (κ1) is 26.2. The summed E-state index contributed by atoms with van der Waals surface area (Å²) in [4.78, 5) is 30.5. The minimum absolute atomic E-state index is 0.0535. The van der Waals surface area contributed by atoms with E-state index in [1.807, 2.05) is 74.3 Å². The van der Waals surface area contributed by atoms with Crippen LogP contribution in [0.1, 0.15) is 41.4 Å². The highest BCUT2D eigenvalue weighted by Crippen LogP contribution is 2.33. The van der Waals surface area contributed by atoms with Crippen LogP contribution in [0, 0.1) is 12.8 Å². The van der Waals surface area contributed by atoms with Gasteiger partial charge in [0.25, 0.3) is 5.91 Å². The van der Waals surface area contributed by atoms with Crippen molar-refractivity contribution in [1.29, 1.82) is 0 Å². The molecule has 3 aromatic carbocycles. The number of amidine groups is 1. The van der Waals surface area contributed by atoms with Crippen LogP contribution in [0.2, 0.25) is 5.02 Å². The van der Waals surface area contributed by atoms with Crippen molar-refractivity contribution in [2.75, 3.05) is 17.2 Å². The molecular formula is C30H29ClN6O2. The van der Waals surface area contributed by atoms with Crippen LogP contribution in [0.5, 0.6) is 0 Å². The molecule has 0 saturated heterocycles. The fraction of sp³-hybridized carbons (Fsp3) is 0.200. The van der Waals surface area contributed by atoms with Crippen molar-refractivity contribution in [2.24, 2.45) is 16.0 Å². The Hall–Kier alpha value is -4.43. The Morgan fingerprint density at radius 2 is 1.82 bits per heavy atom. The lowest BCUT2D eigenvalue weighted by Crippen LogP contribution is -2.35. The van der Waals surface area contributed by atoms with E-state index in [4.69, 9.17) is 11.6 Å². The number of benzene rings is 3. The van der Waals surface area contributed by atoms with Crippen LogP contribution in [0.25, 0.3) is 0 Å². The van der Waals surface area contributed by atoms with Gasteiger partial charge in [0.1, 0.15) is 12.0 Å². The first-order chi connectivity index (χ1) is 18.8. The molecule has 2 heterocycles. The molecule has 0 aromatic heterocycles. The number of aliphatic imine (C=N–C) groups is 1. The number of rotatable bonds is 6. The molecule has 1 unspecified atom stereocenters. The van der Waals surface area contributed by atoms with Crippen LogP contribution in [0.15, 0.2) is 94.2 Å². The van der Waals surface area contributed by atoms with Gasteiger partial charge in [-0.05, 0) is 67.8 Å². The van der Waals surface area contributed by atoms with Crippen LogP contribution < -0.4 is 16.0 Å². The SMILES string of the molecule is CC1=C2C(Nc3cc(NC(=O)c4cccc(Cl)c4)ccc3C)=NC=NN2CC1C(=O)N[C@@H](C)c1ccccc1. The van der Waals surface area contributed by atoms with Crippen LogP contribution in [-0.4, -0.2) is 35.5 Å². The van der Waals surface area contributed by atoms with Crippen LogP contribution in [0.3, 0.4) is 0 Å². The molecule has 3 aromatic rings. The molecule has 2 aliphatic heterocycles. The van der Waals surface area contributed by atoms with Gasteiger partial charge in [0.15, 0.2) is 5.84 Å². The summed E-state index contributed by atoms with van der Waals surface area (Å²) < 4.78 is 0. The molecule has 0 spiro atoms. The van der Waals surface area contributed by atoms with Crippen LogP contribution >= 0.6 is 11.6 Å². The Labute approximate surface area is 232 Å². The second-order valence-corrected chi connectivity index (χ2v) is 10.1. The number of fused-ring (bicyclic) bond motifs is 1. The highest BCUT2D eigenvalue weighted by molar-refractivity contribution is 6.31. The fourth-order valence-electron chi connectivity index (χ4n) is 4.70. The monoisotopic (exact) mass is 540 g/mol. The second-order valence-electron chi connectivity index (χ2n) is 9.64. The lowest BCUT2D eigenvalue weighted by molar-refractivity contribution is -0.124. The van der Waals surface area contributed by atoms with E-state index in [1.165, 1.54) is 6.34 Å². The molecule has 5 rings (SSSR count). The molecule has 0 bridgehead atoms. The largest absolute Gasteiger partial charge is 0.349 e. The second kappa shape index (κ2) is 11.1. The summed E-state index contributed by atoms with van der Waals surface area (Å²) in [5, 5.41) is 16.2. The zero-order valence-electron chi connectivity index (χ0n) is 21.9. The maximum atomic E-state index is 13.3. The summed E-state index contributed by atoms with van der Waals surface area (Å²) >= 11 is 6.04. The third-order valence-electron chi connectivity index (χ3n) is 6.92. The summed E-state index contributed by atoms with van der Waals surface area (Å²) in [6.07, 6.45) is 1.48. The average Bonchev–Trinajstić information content (AvgIpc) is 3.28. The molecule has 198 valence electrons. The number of nitrogens with one attached hydrogen (secondary N) is 3. The Kier molecular flexibility index (Phi) is 7.47. The van der Waals surface area contributed by atoms with E-state index in [0.717, 1.165) is 28.1 Å². The Balaban J connectivity index is 1.33. The molecule has 3 N–H and O–H groups in total. The third kappa shape index (κ3) is 5.71. The van der Waals surface area contributed by atoms with Crippen molar-refractivity contribution >= 4 is 47.0 Å². The smallest absolute Gasteiger partial charge is 0.255 e. The van der Waals surface area contributed by atoms with Crippen molar-refractivity contribution in [3.8, 4) is 0 Å². The number of aryl methyl sites for hydroxylation is 1. The number of anilines is 2. The van der Waals surface area contributed by atoms with E-state index in [-0.39, 0.29) is 23.8 Å². The first-order valence-electron chi connectivity index (χ1n) is 12.7. The highest BCUT2D eigenvalue weighted by Gasteiger charge is 2.37. The molecule has 2 aliphatic rings. The Morgan fingerprint density at radius 3 is 2.59 bits per heavy atom. The van der Waals surface area contributed by atoms with Crippen molar-refractivity contribution in [3.05, 3.63) is 106 Å². The zero-order chi connectivity index (χ0) is 27.5. The van der Waals surface area contributed by atoms with Gasteiger partial charge in [-0.3, -0.25) is 14.6 Å². The summed E-state index contributed by atoms with van der Waals surface area (Å²) in [5.74, 6) is -0.0797. The van der Waals surface area contributed by atoms with Crippen molar-refractivity contribution < 1.29 is 9.59 Å². The number of hydrogen-bond donors (Lipinski definition) is 3. The predicted molar refractivity (Wildman–Crippen MR) is 156 cm³/mol. The molecule has 0 fully saturated rings. The molecule has 8 nitrogen and oxygen atoms in total. The topological polar surface area (TPSA) is 98.2 Å². The number of carbonyl (C=O) groups excluding carboxylic acids is 2. The molecule has 2 atom stereocenters. The van der Waals surface area contributed by atoms with Gasteiger partial charge < -0.3 is 16.0 Å². The maximum absolute atomic E-state index is 13.3. The predicted octanol–water partition coefficient (Wildman–Crippen LogP) is 5.75. The van der Waals surface area contributed by atoms with Gasteiger partial charge in [-0.2, -0.15) is 5.10 Å². The maximum Gasteiger partial charge on any atom is 0.255 e.